The molecule has 3 nitrogen and oxygen atoms in total. The number of rotatable bonds is 5. The highest BCUT2D eigenvalue weighted by Crippen LogP contribution is 2.37. The molecule has 1 aliphatic rings. The van der Waals surface area contributed by atoms with Crippen molar-refractivity contribution in [2.24, 2.45) is 0 Å². The van der Waals surface area contributed by atoms with E-state index in [1.165, 1.54) is 19.3 Å². The van der Waals surface area contributed by atoms with Crippen LogP contribution in [0.4, 0.5) is 0 Å². The SMILES string of the molecule is COc1ccc(Cl)cc1CC(O)C1(N(C)C)CCCCC1. The predicted molar refractivity (Wildman–Crippen MR) is 87.2 cm³/mol. The predicted octanol–water partition coefficient (Wildman–Crippen LogP) is 3.52. The molecule has 1 fully saturated rings. The molecule has 0 spiro atoms. The van der Waals surface area contributed by atoms with Gasteiger partial charge in [-0.15, -0.1) is 0 Å². The van der Waals surface area contributed by atoms with E-state index in [2.05, 4.69) is 19.0 Å². The van der Waals surface area contributed by atoms with Gasteiger partial charge in [0.15, 0.2) is 0 Å². The van der Waals surface area contributed by atoms with Gasteiger partial charge in [0.05, 0.1) is 13.2 Å². The summed E-state index contributed by atoms with van der Waals surface area (Å²) in [5.41, 5.74) is 0.843. The highest BCUT2D eigenvalue weighted by atomic mass is 35.5. The van der Waals surface area contributed by atoms with Crippen molar-refractivity contribution in [2.45, 2.75) is 50.2 Å². The highest BCUT2D eigenvalue weighted by molar-refractivity contribution is 6.30. The molecule has 1 aromatic carbocycles. The lowest BCUT2D eigenvalue weighted by molar-refractivity contribution is -0.0312. The van der Waals surface area contributed by atoms with E-state index in [4.69, 9.17) is 16.3 Å². The number of benzene rings is 1. The largest absolute Gasteiger partial charge is 0.496 e. The zero-order chi connectivity index (χ0) is 15.5. The van der Waals surface area contributed by atoms with Crippen molar-refractivity contribution in [3.63, 3.8) is 0 Å². The zero-order valence-corrected chi connectivity index (χ0v) is 14.0. The van der Waals surface area contributed by atoms with E-state index in [-0.39, 0.29) is 5.54 Å². The van der Waals surface area contributed by atoms with Gasteiger partial charge in [-0.3, -0.25) is 0 Å². The molecule has 0 aliphatic heterocycles. The summed E-state index contributed by atoms with van der Waals surface area (Å²) in [6.45, 7) is 0. The highest BCUT2D eigenvalue weighted by Gasteiger charge is 2.41. The van der Waals surface area contributed by atoms with Crippen molar-refractivity contribution < 1.29 is 9.84 Å². The Kier molecular flexibility index (Phi) is 5.53. The van der Waals surface area contributed by atoms with Crippen LogP contribution in [0.5, 0.6) is 5.75 Å². The minimum Gasteiger partial charge on any atom is -0.496 e. The molecule has 1 unspecified atom stereocenters. The van der Waals surface area contributed by atoms with Crippen LogP contribution in [0.1, 0.15) is 37.7 Å². The summed E-state index contributed by atoms with van der Waals surface area (Å²) >= 11 is 6.09. The summed E-state index contributed by atoms with van der Waals surface area (Å²) < 4.78 is 5.40. The monoisotopic (exact) mass is 311 g/mol. The van der Waals surface area contributed by atoms with Gasteiger partial charge in [0.25, 0.3) is 0 Å². The fraction of sp³-hybridized carbons (Fsp3) is 0.647. The smallest absolute Gasteiger partial charge is 0.122 e. The van der Waals surface area contributed by atoms with E-state index in [9.17, 15) is 5.11 Å². The lowest BCUT2D eigenvalue weighted by Crippen LogP contribution is -2.55. The minimum atomic E-state index is -0.417. The average molecular weight is 312 g/mol. The van der Waals surface area contributed by atoms with Crippen LogP contribution in [0.3, 0.4) is 0 Å². The van der Waals surface area contributed by atoms with Gasteiger partial charge in [0.2, 0.25) is 0 Å². The minimum absolute atomic E-state index is 0.133. The van der Waals surface area contributed by atoms with E-state index < -0.39 is 6.10 Å². The molecule has 1 N–H and O–H groups in total. The van der Waals surface area contributed by atoms with E-state index >= 15 is 0 Å². The number of aliphatic hydroxyl groups is 1. The Morgan fingerprint density at radius 1 is 1.29 bits per heavy atom. The van der Waals surface area contributed by atoms with Crippen LogP contribution in [-0.4, -0.2) is 42.9 Å². The summed E-state index contributed by atoms with van der Waals surface area (Å²) in [7, 11) is 5.80. The Balaban J connectivity index is 2.22. The van der Waals surface area contributed by atoms with Crippen molar-refractivity contribution in [1.82, 2.24) is 4.90 Å². The van der Waals surface area contributed by atoms with E-state index in [1.54, 1.807) is 7.11 Å². The summed E-state index contributed by atoms with van der Waals surface area (Å²) in [4.78, 5) is 2.20. The van der Waals surface area contributed by atoms with Gasteiger partial charge < -0.3 is 14.7 Å². The molecular weight excluding hydrogens is 286 g/mol. The first-order valence-electron chi connectivity index (χ1n) is 7.67. The number of halogens is 1. The van der Waals surface area contributed by atoms with Crippen LogP contribution in [-0.2, 0) is 6.42 Å². The Morgan fingerprint density at radius 3 is 2.52 bits per heavy atom. The first-order valence-corrected chi connectivity index (χ1v) is 8.05. The number of nitrogens with zero attached hydrogens (tertiary/aromatic N) is 1. The molecule has 1 saturated carbocycles. The van der Waals surface area contributed by atoms with Crippen LogP contribution >= 0.6 is 11.6 Å². The Bertz CT molecular complexity index is 470. The lowest BCUT2D eigenvalue weighted by Gasteiger charge is -2.46. The number of methoxy groups -OCH3 is 1. The summed E-state index contributed by atoms with van der Waals surface area (Å²) in [5.74, 6) is 0.795. The van der Waals surface area contributed by atoms with Gasteiger partial charge in [-0.05, 0) is 50.7 Å². The molecule has 1 aliphatic carbocycles. The van der Waals surface area contributed by atoms with Gasteiger partial charge in [-0.2, -0.15) is 0 Å². The second-order valence-corrected chi connectivity index (χ2v) is 6.67. The third-order valence-electron chi connectivity index (χ3n) is 4.89. The molecule has 0 radical (unpaired) electrons. The average Bonchev–Trinajstić information content (AvgIpc) is 2.48. The maximum absolute atomic E-state index is 10.9. The Labute approximate surface area is 132 Å². The Hall–Kier alpha value is -0.770. The maximum Gasteiger partial charge on any atom is 0.122 e. The molecule has 0 saturated heterocycles. The first-order chi connectivity index (χ1) is 9.99. The normalized spacial score (nSPS) is 19.5. The van der Waals surface area contributed by atoms with Gasteiger partial charge in [0.1, 0.15) is 5.75 Å². The summed E-state index contributed by atoms with van der Waals surface area (Å²) in [5, 5.41) is 11.6. The maximum atomic E-state index is 10.9. The van der Waals surface area contributed by atoms with Crippen molar-refractivity contribution >= 4 is 11.6 Å². The number of ether oxygens (including phenoxy) is 1. The van der Waals surface area contributed by atoms with Gasteiger partial charge in [-0.1, -0.05) is 30.9 Å². The van der Waals surface area contributed by atoms with Crippen molar-refractivity contribution in [2.75, 3.05) is 21.2 Å². The fourth-order valence-electron chi connectivity index (χ4n) is 3.55. The van der Waals surface area contributed by atoms with E-state index in [0.717, 1.165) is 24.2 Å². The molecular formula is C17H26ClNO2. The molecule has 1 aromatic rings. The molecule has 2 rings (SSSR count). The van der Waals surface area contributed by atoms with E-state index in [1.807, 2.05) is 18.2 Å². The second-order valence-electron chi connectivity index (χ2n) is 6.23. The molecule has 0 aromatic heterocycles. The van der Waals surface area contributed by atoms with Gasteiger partial charge in [-0.25, -0.2) is 0 Å². The van der Waals surface area contributed by atoms with Crippen molar-refractivity contribution in [1.29, 1.82) is 0 Å². The van der Waals surface area contributed by atoms with Crippen LogP contribution in [0.15, 0.2) is 18.2 Å². The third kappa shape index (κ3) is 3.53. The Morgan fingerprint density at radius 2 is 1.95 bits per heavy atom. The molecule has 0 amide bonds. The molecule has 21 heavy (non-hydrogen) atoms. The van der Waals surface area contributed by atoms with Crippen LogP contribution in [0, 0.1) is 0 Å². The number of hydrogen-bond donors (Lipinski definition) is 1. The van der Waals surface area contributed by atoms with E-state index in [0.29, 0.717) is 11.4 Å². The summed E-state index contributed by atoms with van der Waals surface area (Å²) in [6, 6.07) is 5.59. The van der Waals surface area contributed by atoms with Crippen molar-refractivity contribution in [3.8, 4) is 5.75 Å². The van der Waals surface area contributed by atoms with Crippen molar-refractivity contribution in [3.05, 3.63) is 28.8 Å². The third-order valence-corrected chi connectivity index (χ3v) is 5.12. The van der Waals surface area contributed by atoms with Gasteiger partial charge in [0, 0.05) is 17.0 Å². The van der Waals surface area contributed by atoms with Crippen LogP contribution in [0.2, 0.25) is 5.02 Å². The standard InChI is InChI=1S/C17H26ClNO2/c1-19(2)17(9-5-4-6-10-17)16(20)12-13-11-14(18)7-8-15(13)21-3/h7-8,11,16,20H,4-6,9-10,12H2,1-3H3. The number of likely N-dealkylation sites (N-methyl/N-ethyl adjacent to an activating group) is 1. The topological polar surface area (TPSA) is 32.7 Å². The molecule has 118 valence electrons. The summed E-state index contributed by atoms with van der Waals surface area (Å²) in [6.07, 6.45) is 5.88. The number of aliphatic hydroxyl groups excluding tert-OH is 1. The molecule has 0 heterocycles. The quantitative estimate of drug-likeness (QED) is 0.903. The van der Waals surface area contributed by atoms with Gasteiger partial charge >= 0.3 is 0 Å². The number of hydrogen-bond acceptors (Lipinski definition) is 3. The second kappa shape index (κ2) is 6.99. The fourth-order valence-corrected chi connectivity index (χ4v) is 3.74. The zero-order valence-electron chi connectivity index (χ0n) is 13.2. The van der Waals surface area contributed by atoms with Crippen LogP contribution in [0.25, 0.3) is 0 Å². The van der Waals surface area contributed by atoms with Crippen LogP contribution < -0.4 is 4.74 Å². The lowest BCUT2D eigenvalue weighted by atomic mass is 9.75. The molecule has 1 atom stereocenters. The molecule has 4 heteroatoms. The molecule has 0 bridgehead atoms. The first kappa shape index (κ1) is 16.6.